The number of aromatic hydroxyl groups is 1. The maximum Gasteiger partial charge on any atom is 0.143 e. The van der Waals surface area contributed by atoms with Gasteiger partial charge < -0.3 is 20.1 Å². The smallest absolute Gasteiger partial charge is 0.143 e. The first-order valence-electron chi connectivity index (χ1n) is 4.73. The molecule has 2 rings (SSSR count). The summed E-state index contributed by atoms with van der Waals surface area (Å²) < 4.78 is 7.19. The zero-order valence-electron chi connectivity index (χ0n) is 8.82. The number of phenols is 1. The molecule has 2 aromatic rings. The van der Waals surface area contributed by atoms with Crippen LogP contribution < -0.4 is 10.5 Å². The van der Waals surface area contributed by atoms with E-state index in [1.807, 2.05) is 17.7 Å². The maximum absolute atomic E-state index is 9.71. The van der Waals surface area contributed by atoms with Crippen molar-refractivity contribution in [2.75, 3.05) is 7.11 Å². The van der Waals surface area contributed by atoms with Gasteiger partial charge in [0.05, 0.1) is 12.6 Å². The van der Waals surface area contributed by atoms with E-state index in [4.69, 9.17) is 10.5 Å². The van der Waals surface area contributed by atoms with Crippen molar-refractivity contribution in [1.29, 1.82) is 0 Å². The van der Waals surface area contributed by atoms with Crippen molar-refractivity contribution in [3.05, 3.63) is 23.9 Å². The Morgan fingerprint density at radius 2 is 2.20 bits per heavy atom. The van der Waals surface area contributed by atoms with Crippen molar-refractivity contribution in [2.24, 2.45) is 12.8 Å². The van der Waals surface area contributed by atoms with E-state index in [2.05, 4.69) is 0 Å². The van der Waals surface area contributed by atoms with Crippen LogP contribution in [-0.4, -0.2) is 16.8 Å². The quantitative estimate of drug-likeness (QED) is 0.779. The van der Waals surface area contributed by atoms with Crippen molar-refractivity contribution in [1.82, 2.24) is 4.57 Å². The minimum absolute atomic E-state index is 0.251. The molecule has 1 aromatic heterocycles. The number of hydrogen-bond donors (Lipinski definition) is 2. The topological polar surface area (TPSA) is 60.4 Å². The van der Waals surface area contributed by atoms with E-state index >= 15 is 0 Å². The molecular formula is C11H14N2O2. The van der Waals surface area contributed by atoms with Crippen LogP contribution in [0.4, 0.5) is 0 Å². The third-order valence-corrected chi connectivity index (χ3v) is 2.66. The van der Waals surface area contributed by atoms with Gasteiger partial charge in [-0.2, -0.15) is 0 Å². The Kier molecular flexibility index (Phi) is 2.28. The van der Waals surface area contributed by atoms with Gasteiger partial charge >= 0.3 is 0 Å². The molecule has 0 amide bonds. The van der Waals surface area contributed by atoms with Gasteiger partial charge in [0.2, 0.25) is 0 Å². The van der Waals surface area contributed by atoms with Gasteiger partial charge in [0.1, 0.15) is 11.5 Å². The number of phenolic OH excluding ortho intramolecular Hbond substituents is 1. The van der Waals surface area contributed by atoms with Crippen LogP contribution in [0.3, 0.4) is 0 Å². The number of methoxy groups -OCH3 is 1. The molecule has 0 aliphatic heterocycles. The summed E-state index contributed by atoms with van der Waals surface area (Å²) in [5, 5.41) is 10.5. The third kappa shape index (κ3) is 1.34. The molecule has 0 unspecified atom stereocenters. The van der Waals surface area contributed by atoms with E-state index in [1.165, 1.54) is 0 Å². The van der Waals surface area contributed by atoms with Crippen LogP contribution in [0.2, 0.25) is 0 Å². The fraction of sp³-hybridized carbons (Fsp3) is 0.273. The first kappa shape index (κ1) is 9.86. The SMILES string of the molecule is COc1ccc(O)c2cc(CN)n(C)c12. The molecule has 0 spiro atoms. The highest BCUT2D eigenvalue weighted by atomic mass is 16.5. The van der Waals surface area contributed by atoms with Gasteiger partial charge in [-0.05, 0) is 18.2 Å². The summed E-state index contributed by atoms with van der Waals surface area (Å²) in [6.45, 7) is 0.438. The Labute approximate surface area is 87.9 Å². The molecule has 3 N–H and O–H groups in total. The van der Waals surface area contributed by atoms with Crippen molar-refractivity contribution in [2.45, 2.75) is 6.54 Å². The standard InChI is InChI=1S/C11H14N2O2/c1-13-7(6-12)5-8-9(14)3-4-10(15-2)11(8)13/h3-5,14H,6,12H2,1-2H3. The normalized spacial score (nSPS) is 10.9. The summed E-state index contributed by atoms with van der Waals surface area (Å²) in [4.78, 5) is 0. The molecule has 1 aromatic carbocycles. The molecule has 0 radical (unpaired) electrons. The molecule has 0 aliphatic rings. The summed E-state index contributed by atoms with van der Waals surface area (Å²) in [5.74, 6) is 0.992. The monoisotopic (exact) mass is 206 g/mol. The molecule has 1 heterocycles. The van der Waals surface area contributed by atoms with E-state index in [0.717, 1.165) is 22.3 Å². The van der Waals surface area contributed by atoms with Crippen LogP contribution in [0.5, 0.6) is 11.5 Å². The number of aryl methyl sites for hydroxylation is 1. The summed E-state index contributed by atoms with van der Waals surface area (Å²) in [7, 11) is 3.52. The number of ether oxygens (including phenoxy) is 1. The third-order valence-electron chi connectivity index (χ3n) is 2.66. The second kappa shape index (κ2) is 3.47. The lowest BCUT2D eigenvalue weighted by atomic mass is 10.2. The summed E-state index contributed by atoms with van der Waals surface area (Å²) in [6, 6.07) is 5.26. The van der Waals surface area contributed by atoms with Crippen LogP contribution in [-0.2, 0) is 13.6 Å². The number of nitrogens with zero attached hydrogens (tertiary/aromatic N) is 1. The number of benzene rings is 1. The zero-order valence-corrected chi connectivity index (χ0v) is 8.82. The average molecular weight is 206 g/mol. The van der Waals surface area contributed by atoms with Crippen molar-refractivity contribution >= 4 is 10.9 Å². The number of hydrogen-bond acceptors (Lipinski definition) is 3. The highest BCUT2D eigenvalue weighted by Gasteiger charge is 2.12. The van der Waals surface area contributed by atoms with Gasteiger partial charge in [0, 0.05) is 24.7 Å². The molecule has 80 valence electrons. The van der Waals surface area contributed by atoms with Gasteiger partial charge in [-0.3, -0.25) is 0 Å². The highest BCUT2D eigenvalue weighted by molar-refractivity contribution is 5.92. The summed E-state index contributed by atoms with van der Waals surface area (Å²) >= 11 is 0. The molecule has 4 nitrogen and oxygen atoms in total. The Morgan fingerprint density at radius 3 is 2.80 bits per heavy atom. The van der Waals surface area contributed by atoms with Crippen molar-refractivity contribution in [3.63, 3.8) is 0 Å². The lowest BCUT2D eigenvalue weighted by Crippen LogP contribution is -2.03. The van der Waals surface area contributed by atoms with Gasteiger partial charge in [-0.25, -0.2) is 0 Å². The molecule has 0 aliphatic carbocycles. The predicted octanol–water partition coefficient (Wildman–Crippen LogP) is 1.35. The number of nitrogens with two attached hydrogens (primary N) is 1. The highest BCUT2D eigenvalue weighted by Crippen LogP contribution is 2.34. The molecule has 0 fully saturated rings. The van der Waals surface area contributed by atoms with Crippen molar-refractivity contribution < 1.29 is 9.84 Å². The maximum atomic E-state index is 9.71. The van der Waals surface area contributed by atoms with Crippen LogP contribution in [0.1, 0.15) is 5.69 Å². The predicted molar refractivity (Wildman–Crippen MR) is 59.0 cm³/mol. The largest absolute Gasteiger partial charge is 0.507 e. The fourth-order valence-corrected chi connectivity index (χ4v) is 1.83. The first-order valence-corrected chi connectivity index (χ1v) is 4.73. The van der Waals surface area contributed by atoms with Crippen LogP contribution in [0, 0.1) is 0 Å². The van der Waals surface area contributed by atoms with E-state index in [-0.39, 0.29) is 5.75 Å². The minimum Gasteiger partial charge on any atom is -0.507 e. The van der Waals surface area contributed by atoms with E-state index in [9.17, 15) is 5.11 Å². The lowest BCUT2D eigenvalue weighted by Gasteiger charge is -2.06. The van der Waals surface area contributed by atoms with Crippen LogP contribution in [0.15, 0.2) is 18.2 Å². The molecule has 0 saturated carbocycles. The Hall–Kier alpha value is -1.68. The first-order chi connectivity index (χ1) is 7.19. The Morgan fingerprint density at radius 1 is 1.47 bits per heavy atom. The lowest BCUT2D eigenvalue weighted by molar-refractivity contribution is 0.416. The van der Waals surface area contributed by atoms with Gasteiger partial charge in [0.25, 0.3) is 0 Å². The molecule has 0 saturated heterocycles. The average Bonchev–Trinajstić information content (AvgIpc) is 2.58. The molecule has 0 atom stereocenters. The summed E-state index contributed by atoms with van der Waals surface area (Å²) in [5.41, 5.74) is 7.45. The molecule has 0 bridgehead atoms. The summed E-state index contributed by atoms with van der Waals surface area (Å²) in [6.07, 6.45) is 0. The number of fused-ring (bicyclic) bond motifs is 1. The van der Waals surface area contributed by atoms with E-state index < -0.39 is 0 Å². The molecular weight excluding hydrogens is 192 g/mol. The Bertz CT molecular complexity index is 503. The fourth-order valence-electron chi connectivity index (χ4n) is 1.83. The van der Waals surface area contributed by atoms with Crippen LogP contribution >= 0.6 is 0 Å². The second-order valence-electron chi connectivity index (χ2n) is 3.45. The van der Waals surface area contributed by atoms with E-state index in [0.29, 0.717) is 6.54 Å². The zero-order chi connectivity index (χ0) is 11.0. The van der Waals surface area contributed by atoms with Gasteiger partial charge in [0.15, 0.2) is 0 Å². The molecule has 4 heteroatoms. The molecule has 15 heavy (non-hydrogen) atoms. The number of rotatable bonds is 2. The van der Waals surface area contributed by atoms with E-state index in [1.54, 1.807) is 19.2 Å². The van der Waals surface area contributed by atoms with Crippen LogP contribution in [0.25, 0.3) is 10.9 Å². The van der Waals surface area contributed by atoms with Crippen molar-refractivity contribution in [3.8, 4) is 11.5 Å². The van der Waals surface area contributed by atoms with Gasteiger partial charge in [-0.1, -0.05) is 0 Å². The van der Waals surface area contributed by atoms with Gasteiger partial charge in [-0.15, -0.1) is 0 Å². The Balaban J connectivity index is 2.85. The number of aromatic nitrogens is 1. The second-order valence-corrected chi connectivity index (χ2v) is 3.45. The minimum atomic E-state index is 0.251.